The molecule has 15 heavy (non-hydrogen) atoms. The first-order valence-corrected chi connectivity index (χ1v) is 4.38. The number of halogens is 3. The van der Waals surface area contributed by atoms with Crippen molar-refractivity contribution in [1.29, 1.82) is 0 Å². The summed E-state index contributed by atoms with van der Waals surface area (Å²) in [5.74, 6) is -1.87. The van der Waals surface area contributed by atoms with Crippen LogP contribution in [0.3, 0.4) is 0 Å². The van der Waals surface area contributed by atoms with Crippen molar-refractivity contribution in [3.8, 4) is 0 Å². The van der Waals surface area contributed by atoms with Crippen molar-refractivity contribution in [3.05, 3.63) is 0 Å². The van der Waals surface area contributed by atoms with Gasteiger partial charge in [-0.05, 0) is 12.8 Å². The number of amides is 1. The molecule has 1 fully saturated rings. The van der Waals surface area contributed by atoms with Crippen LogP contribution in [0.4, 0.5) is 13.2 Å². The van der Waals surface area contributed by atoms with E-state index in [1.807, 2.05) is 0 Å². The van der Waals surface area contributed by atoms with Crippen molar-refractivity contribution in [1.82, 2.24) is 4.90 Å². The van der Waals surface area contributed by atoms with E-state index < -0.39 is 18.1 Å². The second-order valence-corrected chi connectivity index (χ2v) is 3.27. The van der Waals surface area contributed by atoms with Crippen molar-refractivity contribution in [2.24, 2.45) is 4.99 Å². The summed E-state index contributed by atoms with van der Waals surface area (Å²) in [5.41, 5.74) is 0. The number of carbonyl (C=O) groups excluding carboxylic acids is 2. The van der Waals surface area contributed by atoms with Gasteiger partial charge in [0.15, 0.2) is 0 Å². The summed E-state index contributed by atoms with van der Waals surface area (Å²) < 4.78 is 36.1. The van der Waals surface area contributed by atoms with Gasteiger partial charge in [-0.15, -0.1) is 0 Å². The second-order valence-electron chi connectivity index (χ2n) is 3.27. The number of hydrogen-bond donors (Lipinski definition) is 0. The topological polar surface area (TPSA) is 49.7 Å². The van der Waals surface area contributed by atoms with E-state index in [1.54, 1.807) is 0 Å². The van der Waals surface area contributed by atoms with Gasteiger partial charge in [-0.25, -0.2) is 9.79 Å². The molecule has 1 heterocycles. The molecule has 0 aromatic carbocycles. The van der Waals surface area contributed by atoms with Crippen LogP contribution in [0, 0.1) is 0 Å². The Morgan fingerprint density at radius 3 is 2.67 bits per heavy atom. The van der Waals surface area contributed by atoms with Crippen LogP contribution in [-0.4, -0.2) is 42.2 Å². The highest BCUT2D eigenvalue weighted by atomic mass is 19.4. The first kappa shape index (κ1) is 11.7. The minimum absolute atomic E-state index is 0.0588. The van der Waals surface area contributed by atoms with Crippen molar-refractivity contribution in [3.63, 3.8) is 0 Å². The summed E-state index contributed by atoms with van der Waals surface area (Å²) >= 11 is 0. The third kappa shape index (κ3) is 3.06. The molecule has 4 nitrogen and oxygen atoms in total. The molecule has 1 rings (SSSR count). The predicted octanol–water partition coefficient (Wildman–Crippen LogP) is 0.876. The Kier molecular flexibility index (Phi) is 3.47. The Balaban J connectivity index is 2.64. The molecule has 1 atom stereocenters. The molecule has 0 N–H and O–H groups in total. The van der Waals surface area contributed by atoms with Gasteiger partial charge >= 0.3 is 12.1 Å². The summed E-state index contributed by atoms with van der Waals surface area (Å²) in [6, 6.07) is -0.553. The Bertz CT molecular complexity index is 297. The molecule has 1 aliphatic heterocycles. The van der Waals surface area contributed by atoms with Gasteiger partial charge in [0.05, 0.1) is 6.04 Å². The highest BCUT2D eigenvalue weighted by Gasteiger charge is 2.43. The summed E-state index contributed by atoms with van der Waals surface area (Å²) in [4.78, 5) is 24.8. The van der Waals surface area contributed by atoms with Gasteiger partial charge in [-0.2, -0.15) is 13.2 Å². The minimum Gasteiger partial charge on any atom is -0.333 e. The summed E-state index contributed by atoms with van der Waals surface area (Å²) in [7, 11) is 0. The van der Waals surface area contributed by atoms with E-state index in [-0.39, 0.29) is 13.1 Å². The minimum atomic E-state index is -4.85. The van der Waals surface area contributed by atoms with Crippen LogP contribution in [-0.2, 0) is 9.59 Å². The Hall–Kier alpha value is -1.36. The molecule has 1 unspecified atom stereocenters. The van der Waals surface area contributed by atoms with Crippen molar-refractivity contribution < 1.29 is 22.8 Å². The van der Waals surface area contributed by atoms with Crippen LogP contribution in [0.1, 0.15) is 12.8 Å². The summed E-state index contributed by atoms with van der Waals surface area (Å²) in [6.45, 7) is -0.100. The number of rotatable bonds is 1. The lowest BCUT2D eigenvalue weighted by Crippen LogP contribution is -2.47. The van der Waals surface area contributed by atoms with Gasteiger partial charge in [0.2, 0.25) is 6.08 Å². The quantitative estimate of drug-likeness (QED) is 0.488. The van der Waals surface area contributed by atoms with E-state index in [0.29, 0.717) is 17.7 Å². The highest BCUT2D eigenvalue weighted by Crippen LogP contribution is 2.22. The van der Waals surface area contributed by atoms with Crippen LogP contribution < -0.4 is 0 Å². The van der Waals surface area contributed by atoms with Crippen LogP contribution >= 0.6 is 0 Å². The van der Waals surface area contributed by atoms with E-state index >= 15 is 0 Å². The number of alkyl halides is 3. The maximum atomic E-state index is 12.0. The second kappa shape index (κ2) is 4.44. The lowest BCUT2D eigenvalue weighted by atomic mass is 10.1. The van der Waals surface area contributed by atoms with E-state index in [9.17, 15) is 22.8 Å². The van der Waals surface area contributed by atoms with Gasteiger partial charge in [-0.1, -0.05) is 0 Å². The van der Waals surface area contributed by atoms with Crippen LogP contribution in [0.2, 0.25) is 0 Å². The molecule has 0 saturated carbocycles. The number of aliphatic imine (C=N–C) groups is 1. The predicted molar refractivity (Wildman–Crippen MR) is 43.8 cm³/mol. The Labute approximate surface area is 83.8 Å². The van der Waals surface area contributed by atoms with Gasteiger partial charge in [0, 0.05) is 13.1 Å². The molecule has 0 aromatic rings. The van der Waals surface area contributed by atoms with Gasteiger partial charge in [-0.3, -0.25) is 4.79 Å². The standard InChI is InChI=1S/C8H9F3N2O2/c9-8(10,11)7(15)13-3-1-2-6(4-13)12-5-14/h6H,1-4H2. The monoisotopic (exact) mass is 222 g/mol. The first-order valence-electron chi connectivity index (χ1n) is 4.38. The van der Waals surface area contributed by atoms with E-state index in [1.165, 1.54) is 6.08 Å². The maximum absolute atomic E-state index is 12.0. The van der Waals surface area contributed by atoms with Crippen molar-refractivity contribution in [2.75, 3.05) is 13.1 Å². The fraction of sp³-hybridized carbons (Fsp3) is 0.750. The molecule has 0 aliphatic carbocycles. The third-order valence-corrected chi connectivity index (χ3v) is 2.16. The molecule has 84 valence electrons. The fourth-order valence-corrected chi connectivity index (χ4v) is 1.50. The molecule has 1 amide bonds. The molecule has 0 spiro atoms. The van der Waals surface area contributed by atoms with Crippen LogP contribution in [0.5, 0.6) is 0 Å². The number of carbonyl (C=O) groups is 1. The number of nitrogens with zero attached hydrogens (tertiary/aromatic N) is 2. The summed E-state index contributed by atoms with van der Waals surface area (Å²) in [6.07, 6.45) is -2.64. The number of isocyanates is 1. The molecule has 0 aromatic heterocycles. The first-order chi connectivity index (χ1) is 6.95. The zero-order chi connectivity index (χ0) is 11.5. The number of likely N-dealkylation sites (tertiary alicyclic amines) is 1. The molecule has 0 radical (unpaired) electrons. The molecule has 1 saturated heterocycles. The van der Waals surface area contributed by atoms with Crippen molar-refractivity contribution >= 4 is 12.0 Å². The molecular weight excluding hydrogens is 213 g/mol. The van der Waals surface area contributed by atoms with Gasteiger partial charge in [0.1, 0.15) is 0 Å². The molecule has 0 bridgehead atoms. The van der Waals surface area contributed by atoms with Gasteiger partial charge < -0.3 is 4.90 Å². The Morgan fingerprint density at radius 1 is 1.47 bits per heavy atom. The van der Waals surface area contributed by atoms with Crippen LogP contribution in [0.15, 0.2) is 4.99 Å². The normalized spacial score (nSPS) is 22.1. The third-order valence-electron chi connectivity index (χ3n) is 2.16. The highest BCUT2D eigenvalue weighted by molar-refractivity contribution is 5.82. The zero-order valence-electron chi connectivity index (χ0n) is 7.75. The average molecular weight is 222 g/mol. The average Bonchev–Trinajstić information content (AvgIpc) is 2.16. The maximum Gasteiger partial charge on any atom is 0.471 e. The summed E-state index contributed by atoms with van der Waals surface area (Å²) in [5, 5.41) is 0. The lowest BCUT2D eigenvalue weighted by molar-refractivity contribution is -0.186. The molecule has 1 aliphatic rings. The van der Waals surface area contributed by atoms with E-state index in [4.69, 9.17) is 0 Å². The number of piperidine rings is 1. The van der Waals surface area contributed by atoms with E-state index in [2.05, 4.69) is 4.99 Å². The van der Waals surface area contributed by atoms with E-state index in [0.717, 1.165) is 0 Å². The van der Waals surface area contributed by atoms with Crippen molar-refractivity contribution in [2.45, 2.75) is 25.1 Å². The van der Waals surface area contributed by atoms with Crippen LogP contribution in [0.25, 0.3) is 0 Å². The fourth-order valence-electron chi connectivity index (χ4n) is 1.50. The lowest BCUT2D eigenvalue weighted by Gasteiger charge is -2.30. The Morgan fingerprint density at radius 2 is 2.13 bits per heavy atom. The number of hydrogen-bond acceptors (Lipinski definition) is 3. The molecular formula is C8H9F3N2O2. The smallest absolute Gasteiger partial charge is 0.333 e. The SMILES string of the molecule is O=C=NC1CCCN(C(=O)C(F)(F)F)C1. The zero-order valence-corrected chi connectivity index (χ0v) is 7.75. The van der Waals surface area contributed by atoms with Gasteiger partial charge in [0.25, 0.3) is 0 Å². The largest absolute Gasteiger partial charge is 0.471 e. The molecule has 7 heteroatoms.